The Kier molecular flexibility index (Phi) is 8.45. The molecule has 4 rings (SSSR count). The lowest BCUT2D eigenvalue weighted by Gasteiger charge is -2.32. The molecule has 0 bridgehead atoms. The molecule has 0 aliphatic carbocycles. The molecule has 0 aliphatic rings. The van der Waals surface area contributed by atoms with Gasteiger partial charge in [-0.2, -0.15) is 0 Å². The van der Waals surface area contributed by atoms with E-state index in [2.05, 4.69) is 34.5 Å². The molecule has 2 aromatic carbocycles. The molecule has 0 saturated heterocycles. The highest BCUT2D eigenvalue weighted by Gasteiger charge is 2.34. The van der Waals surface area contributed by atoms with E-state index >= 15 is 0 Å². The van der Waals surface area contributed by atoms with E-state index in [0.717, 1.165) is 11.9 Å². The molecule has 0 fully saturated rings. The summed E-state index contributed by atoms with van der Waals surface area (Å²) >= 11 is 0. The summed E-state index contributed by atoms with van der Waals surface area (Å²) in [5.41, 5.74) is 2.56. The lowest BCUT2D eigenvalue weighted by Crippen LogP contribution is -2.45. The highest BCUT2D eigenvalue weighted by molar-refractivity contribution is 6.02. The predicted molar refractivity (Wildman–Crippen MR) is 142 cm³/mol. The second-order valence-electron chi connectivity index (χ2n) is 9.06. The number of aromatic nitrogens is 4. The number of ether oxygens (including phenoxy) is 1. The zero-order chi connectivity index (χ0) is 26.2. The van der Waals surface area contributed by atoms with Gasteiger partial charge in [-0.15, -0.1) is 5.10 Å². The number of benzene rings is 2. The summed E-state index contributed by atoms with van der Waals surface area (Å²) in [5, 5.41) is 11.4. The number of carbonyl (C=O) groups excluding carboxylic acids is 2. The molecule has 1 atom stereocenters. The molecule has 4 aromatic rings. The summed E-state index contributed by atoms with van der Waals surface area (Å²) < 4.78 is 7.43. The van der Waals surface area contributed by atoms with Crippen molar-refractivity contribution in [3.63, 3.8) is 0 Å². The second kappa shape index (κ2) is 12.1. The first-order valence-electron chi connectivity index (χ1n) is 12.5. The highest BCUT2D eigenvalue weighted by atomic mass is 16.5. The Hall–Kier alpha value is -4.27. The number of carbonyl (C=O) groups is 2. The molecule has 0 spiro atoms. The van der Waals surface area contributed by atoms with Crippen LogP contribution < -0.4 is 15.0 Å². The van der Waals surface area contributed by atoms with Crippen LogP contribution in [-0.2, 0) is 16.1 Å². The number of nitrogens with zero attached hydrogens (tertiary/aromatic N) is 5. The fraction of sp³-hybridized carbons (Fsp3) is 0.321. The molecule has 9 nitrogen and oxygen atoms in total. The number of hydrogen-bond donors (Lipinski definition) is 1. The number of amides is 2. The van der Waals surface area contributed by atoms with Crippen LogP contribution in [-0.4, -0.2) is 44.9 Å². The number of nitrogens with one attached hydrogen (secondary N) is 1. The van der Waals surface area contributed by atoms with Crippen LogP contribution >= 0.6 is 0 Å². The molecular formula is C28H32N6O3. The number of fused-ring (bicyclic) bond motifs is 1. The number of pyridine rings is 1. The van der Waals surface area contributed by atoms with Crippen molar-refractivity contribution < 1.29 is 14.3 Å². The normalized spacial score (nSPS) is 11.9. The van der Waals surface area contributed by atoms with Gasteiger partial charge in [0, 0.05) is 18.9 Å². The maximum Gasteiger partial charge on any atom is 0.249 e. The quantitative estimate of drug-likeness (QED) is 0.332. The van der Waals surface area contributed by atoms with E-state index in [0.29, 0.717) is 41.6 Å². The molecular weight excluding hydrogens is 468 g/mol. The van der Waals surface area contributed by atoms with Gasteiger partial charge in [0.05, 0.1) is 17.8 Å². The van der Waals surface area contributed by atoms with Crippen molar-refractivity contribution in [3.05, 3.63) is 78.6 Å². The monoisotopic (exact) mass is 500 g/mol. The summed E-state index contributed by atoms with van der Waals surface area (Å²) in [6.45, 7) is 6.88. The maximum atomic E-state index is 14.1. The van der Waals surface area contributed by atoms with E-state index in [9.17, 15) is 9.59 Å². The van der Waals surface area contributed by atoms with Crippen LogP contribution in [0.2, 0.25) is 0 Å². The van der Waals surface area contributed by atoms with Crippen molar-refractivity contribution >= 4 is 28.5 Å². The first-order valence-corrected chi connectivity index (χ1v) is 12.5. The summed E-state index contributed by atoms with van der Waals surface area (Å²) in [7, 11) is 0. The maximum absolute atomic E-state index is 14.1. The van der Waals surface area contributed by atoms with Crippen LogP contribution in [0.25, 0.3) is 11.0 Å². The number of para-hydroxylation sites is 3. The van der Waals surface area contributed by atoms with E-state index in [1.165, 1.54) is 4.90 Å². The zero-order valence-corrected chi connectivity index (χ0v) is 21.4. The highest BCUT2D eigenvalue weighted by Crippen LogP contribution is 2.35. The third kappa shape index (κ3) is 6.11. The molecule has 0 aliphatic heterocycles. The van der Waals surface area contributed by atoms with E-state index in [1.54, 1.807) is 41.3 Å². The van der Waals surface area contributed by atoms with Gasteiger partial charge in [-0.25, -0.2) is 4.68 Å². The van der Waals surface area contributed by atoms with Gasteiger partial charge in [0.25, 0.3) is 0 Å². The SMILES string of the molecule is CCOc1ccccc1N(C(=O)Cn1nnc2ccccc21)[C@@H](C(=O)NCCC(C)C)c1ccncc1. The van der Waals surface area contributed by atoms with Crippen LogP contribution in [0.5, 0.6) is 5.75 Å². The molecule has 1 N–H and O–H groups in total. The first kappa shape index (κ1) is 25.8. The van der Waals surface area contributed by atoms with Gasteiger partial charge in [0.1, 0.15) is 23.9 Å². The average Bonchev–Trinajstić information content (AvgIpc) is 3.30. The Bertz CT molecular complexity index is 1340. The van der Waals surface area contributed by atoms with Crippen molar-refractivity contribution in [1.82, 2.24) is 25.3 Å². The number of rotatable bonds is 11. The third-order valence-electron chi connectivity index (χ3n) is 5.95. The van der Waals surface area contributed by atoms with Gasteiger partial charge >= 0.3 is 0 Å². The van der Waals surface area contributed by atoms with Crippen LogP contribution in [0, 0.1) is 5.92 Å². The summed E-state index contributed by atoms with van der Waals surface area (Å²) in [6.07, 6.45) is 4.06. The first-order chi connectivity index (χ1) is 18.0. The van der Waals surface area contributed by atoms with Crippen LogP contribution in [0.15, 0.2) is 73.1 Å². The fourth-order valence-corrected chi connectivity index (χ4v) is 4.13. The Labute approximate surface area is 216 Å². The summed E-state index contributed by atoms with van der Waals surface area (Å²) in [6, 6.07) is 17.2. The van der Waals surface area contributed by atoms with Crippen molar-refractivity contribution in [1.29, 1.82) is 0 Å². The number of anilines is 1. The minimum Gasteiger partial charge on any atom is -0.492 e. The minimum atomic E-state index is -0.945. The Morgan fingerprint density at radius 1 is 1.03 bits per heavy atom. The van der Waals surface area contributed by atoms with Crippen molar-refractivity contribution in [3.8, 4) is 5.75 Å². The van der Waals surface area contributed by atoms with Gasteiger partial charge in [-0.05, 0) is 61.2 Å². The van der Waals surface area contributed by atoms with Crippen LogP contribution in [0.3, 0.4) is 0 Å². The smallest absolute Gasteiger partial charge is 0.249 e. The van der Waals surface area contributed by atoms with Gasteiger partial charge in [0.15, 0.2) is 0 Å². The molecule has 9 heteroatoms. The molecule has 2 aromatic heterocycles. The zero-order valence-electron chi connectivity index (χ0n) is 21.4. The molecule has 0 saturated carbocycles. The standard InChI is InChI=1S/C28H32N6O3/c1-4-37-25-12-8-7-11-24(25)34(26(35)19-33-23-10-6-5-9-22(23)31-32-33)27(21-14-16-29-17-15-21)28(36)30-18-13-20(2)3/h5-12,14-17,20,27H,4,13,18-19H2,1-3H3,(H,30,36)/t27-/m1/s1. The van der Waals surface area contributed by atoms with Crippen molar-refractivity contribution in [2.45, 2.75) is 39.8 Å². The molecule has 37 heavy (non-hydrogen) atoms. The lowest BCUT2D eigenvalue weighted by molar-refractivity contribution is -0.127. The lowest BCUT2D eigenvalue weighted by atomic mass is 10.0. The average molecular weight is 501 g/mol. The number of hydrogen-bond acceptors (Lipinski definition) is 6. The van der Waals surface area contributed by atoms with E-state index in [4.69, 9.17) is 4.74 Å². The fourth-order valence-electron chi connectivity index (χ4n) is 4.13. The molecule has 0 unspecified atom stereocenters. The van der Waals surface area contributed by atoms with Crippen molar-refractivity contribution in [2.75, 3.05) is 18.1 Å². The van der Waals surface area contributed by atoms with E-state index < -0.39 is 6.04 Å². The molecule has 2 amide bonds. The van der Waals surface area contributed by atoms with Crippen LogP contribution in [0.1, 0.15) is 38.8 Å². The second-order valence-corrected chi connectivity index (χ2v) is 9.06. The molecule has 0 radical (unpaired) electrons. The van der Waals surface area contributed by atoms with Gasteiger partial charge in [0.2, 0.25) is 11.8 Å². The summed E-state index contributed by atoms with van der Waals surface area (Å²) in [5.74, 6) is 0.325. The van der Waals surface area contributed by atoms with Crippen LogP contribution in [0.4, 0.5) is 5.69 Å². The molecule has 2 heterocycles. The van der Waals surface area contributed by atoms with E-state index in [1.807, 2.05) is 43.3 Å². The van der Waals surface area contributed by atoms with Gasteiger partial charge in [-0.3, -0.25) is 19.5 Å². The summed E-state index contributed by atoms with van der Waals surface area (Å²) in [4.78, 5) is 33.4. The Morgan fingerprint density at radius 3 is 2.51 bits per heavy atom. The Balaban J connectivity index is 1.79. The third-order valence-corrected chi connectivity index (χ3v) is 5.95. The largest absolute Gasteiger partial charge is 0.492 e. The Morgan fingerprint density at radius 2 is 1.76 bits per heavy atom. The topological polar surface area (TPSA) is 102 Å². The molecule has 192 valence electrons. The minimum absolute atomic E-state index is 0.109. The van der Waals surface area contributed by atoms with E-state index in [-0.39, 0.29) is 18.4 Å². The van der Waals surface area contributed by atoms with Gasteiger partial charge < -0.3 is 10.1 Å². The van der Waals surface area contributed by atoms with Gasteiger partial charge in [-0.1, -0.05) is 43.3 Å². The van der Waals surface area contributed by atoms with Crippen molar-refractivity contribution in [2.24, 2.45) is 5.92 Å². The predicted octanol–water partition coefficient (Wildman–Crippen LogP) is 4.16.